The van der Waals surface area contributed by atoms with Crippen molar-refractivity contribution in [3.8, 4) is 11.5 Å². The van der Waals surface area contributed by atoms with Crippen LogP contribution in [-0.2, 0) is 6.42 Å². The average molecular weight is 224 g/mol. The molecule has 1 aromatic rings. The second-order valence-corrected chi connectivity index (χ2v) is 3.79. The van der Waals surface area contributed by atoms with E-state index in [0.717, 1.165) is 36.3 Å². The summed E-state index contributed by atoms with van der Waals surface area (Å²) in [5.41, 5.74) is 1.16. The summed E-state index contributed by atoms with van der Waals surface area (Å²) < 4.78 is 10.4. The van der Waals surface area contributed by atoms with Crippen LogP contribution in [0.15, 0.2) is 18.2 Å². The van der Waals surface area contributed by atoms with Crippen LogP contribution in [0.4, 0.5) is 0 Å². The summed E-state index contributed by atoms with van der Waals surface area (Å²) >= 11 is 0. The summed E-state index contributed by atoms with van der Waals surface area (Å²) in [6, 6.07) is 5.86. The standard InChI is InChI=1S/C13H20O3/c1-4-11(14)7-5-10-6-8-12(15-2)13(9-10)16-3/h6,8-9,11,14H,4-5,7H2,1-3H3/t11-/m0/s1. The van der Waals surface area contributed by atoms with Crippen molar-refractivity contribution >= 4 is 0 Å². The van der Waals surface area contributed by atoms with Crippen LogP contribution in [0, 0.1) is 0 Å². The van der Waals surface area contributed by atoms with Gasteiger partial charge in [0.05, 0.1) is 20.3 Å². The third kappa shape index (κ3) is 3.42. The number of hydrogen-bond acceptors (Lipinski definition) is 3. The molecule has 3 heteroatoms. The summed E-state index contributed by atoms with van der Waals surface area (Å²) in [7, 11) is 3.25. The molecule has 0 aliphatic carbocycles. The van der Waals surface area contributed by atoms with E-state index in [-0.39, 0.29) is 6.10 Å². The molecule has 0 spiro atoms. The van der Waals surface area contributed by atoms with Crippen molar-refractivity contribution in [2.75, 3.05) is 14.2 Å². The Morgan fingerprint density at radius 3 is 2.44 bits per heavy atom. The molecule has 16 heavy (non-hydrogen) atoms. The number of aliphatic hydroxyl groups excluding tert-OH is 1. The van der Waals surface area contributed by atoms with Gasteiger partial charge in [-0.2, -0.15) is 0 Å². The van der Waals surface area contributed by atoms with Gasteiger partial charge < -0.3 is 14.6 Å². The minimum absolute atomic E-state index is 0.215. The first-order chi connectivity index (χ1) is 7.71. The Morgan fingerprint density at radius 2 is 1.88 bits per heavy atom. The first-order valence-corrected chi connectivity index (χ1v) is 5.60. The monoisotopic (exact) mass is 224 g/mol. The number of ether oxygens (including phenoxy) is 2. The fraction of sp³-hybridized carbons (Fsp3) is 0.538. The molecular weight excluding hydrogens is 204 g/mol. The maximum absolute atomic E-state index is 9.49. The fourth-order valence-corrected chi connectivity index (χ4v) is 1.57. The number of benzene rings is 1. The van der Waals surface area contributed by atoms with E-state index in [1.54, 1.807) is 14.2 Å². The predicted molar refractivity (Wildman–Crippen MR) is 64.2 cm³/mol. The zero-order chi connectivity index (χ0) is 12.0. The lowest BCUT2D eigenvalue weighted by Gasteiger charge is -2.11. The van der Waals surface area contributed by atoms with Crippen LogP contribution in [0.2, 0.25) is 0 Å². The Kier molecular flexibility index (Phi) is 5.12. The molecule has 0 saturated carbocycles. The molecule has 0 unspecified atom stereocenters. The van der Waals surface area contributed by atoms with E-state index in [2.05, 4.69) is 0 Å². The molecule has 90 valence electrons. The van der Waals surface area contributed by atoms with Crippen LogP contribution >= 0.6 is 0 Å². The Morgan fingerprint density at radius 1 is 1.19 bits per heavy atom. The summed E-state index contributed by atoms with van der Waals surface area (Å²) in [4.78, 5) is 0. The molecule has 1 N–H and O–H groups in total. The molecule has 0 saturated heterocycles. The summed E-state index contributed by atoms with van der Waals surface area (Å²) in [6.45, 7) is 1.99. The van der Waals surface area contributed by atoms with Gasteiger partial charge in [-0.15, -0.1) is 0 Å². The fourth-order valence-electron chi connectivity index (χ4n) is 1.57. The molecule has 1 rings (SSSR count). The van der Waals surface area contributed by atoms with Gasteiger partial charge >= 0.3 is 0 Å². The van der Waals surface area contributed by atoms with E-state index in [4.69, 9.17) is 9.47 Å². The lowest BCUT2D eigenvalue weighted by atomic mass is 10.1. The number of hydrogen-bond donors (Lipinski definition) is 1. The number of aryl methyl sites for hydroxylation is 1. The lowest BCUT2D eigenvalue weighted by Crippen LogP contribution is -2.05. The maximum Gasteiger partial charge on any atom is 0.160 e. The zero-order valence-corrected chi connectivity index (χ0v) is 10.2. The second kappa shape index (κ2) is 6.38. The highest BCUT2D eigenvalue weighted by molar-refractivity contribution is 5.42. The van der Waals surface area contributed by atoms with Gasteiger partial charge in [-0.05, 0) is 37.0 Å². The molecule has 1 atom stereocenters. The van der Waals surface area contributed by atoms with Crippen LogP contribution in [0.25, 0.3) is 0 Å². The topological polar surface area (TPSA) is 38.7 Å². The van der Waals surface area contributed by atoms with Crippen LogP contribution in [-0.4, -0.2) is 25.4 Å². The average Bonchev–Trinajstić information content (AvgIpc) is 2.35. The maximum atomic E-state index is 9.49. The Hall–Kier alpha value is -1.22. The minimum atomic E-state index is -0.215. The molecule has 0 radical (unpaired) electrons. The van der Waals surface area contributed by atoms with Gasteiger partial charge in [-0.25, -0.2) is 0 Å². The van der Waals surface area contributed by atoms with Crippen molar-refractivity contribution < 1.29 is 14.6 Å². The molecule has 1 aromatic carbocycles. The van der Waals surface area contributed by atoms with Gasteiger partial charge in [0.25, 0.3) is 0 Å². The van der Waals surface area contributed by atoms with Crippen molar-refractivity contribution in [3.63, 3.8) is 0 Å². The Balaban J connectivity index is 2.67. The minimum Gasteiger partial charge on any atom is -0.493 e. The van der Waals surface area contributed by atoms with Crippen LogP contribution in [0.5, 0.6) is 11.5 Å². The first kappa shape index (κ1) is 12.8. The van der Waals surface area contributed by atoms with Crippen molar-refractivity contribution in [2.45, 2.75) is 32.3 Å². The third-order valence-corrected chi connectivity index (χ3v) is 2.69. The van der Waals surface area contributed by atoms with Crippen LogP contribution < -0.4 is 9.47 Å². The van der Waals surface area contributed by atoms with Gasteiger partial charge in [0.2, 0.25) is 0 Å². The van der Waals surface area contributed by atoms with Gasteiger partial charge in [0.1, 0.15) is 0 Å². The number of rotatable bonds is 6. The van der Waals surface area contributed by atoms with Gasteiger partial charge in [-0.3, -0.25) is 0 Å². The van der Waals surface area contributed by atoms with E-state index >= 15 is 0 Å². The molecule has 0 aliphatic rings. The van der Waals surface area contributed by atoms with E-state index in [1.165, 1.54) is 0 Å². The molecule has 0 bridgehead atoms. The molecule has 0 fully saturated rings. The van der Waals surface area contributed by atoms with Crippen molar-refractivity contribution in [3.05, 3.63) is 23.8 Å². The van der Waals surface area contributed by atoms with Crippen molar-refractivity contribution in [1.29, 1.82) is 0 Å². The number of aliphatic hydroxyl groups is 1. The predicted octanol–water partition coefficient (Wildman–Crippen LogP) is 2.41. The summed E-state index contributed by atoms with van der Waals surface area (Å²) in [6.07, 6.45) is 2.22. The Bertz CT molecular complexity index is 323. The van der Waals surface area contributed by atoms with Crippen molar-refractivity contribution in [2.24, 2.45) is 0 Å². The molecule has 0 heterocycles. The van der Waals surface area contributed by atoms with Crippen molar-refractivity contribution in [1.82, 2.24) is 0 Å². The first-order valence-electron chi connectivity index (χ1n) is 5.60. The Labute approximate surface area is 97.0 Å². The molecule has 0 aliphatic heterocycles. The van der Waals surface area contributed by atoms with Crippen LogP contribution in [0.3, 0.4) is 0 Å². The van der Waals surface area contributed by atoms with E-state index in [9.17, 15) is 5.11 Å². The van der Waals surface area contributed by atoms with E-state index in [0.29, 0.717) is 0 Å². The quantitative estimate of drug-likeness (QED) is 0.806. The summed E-state index contributed by atoms with van der Waals surface area (Å²) in [5, 5.41) is 9.49. The SMILES string of the molecule is CC[C@H](O)CCc1ccc(OC)c(OC)c1. The van der Waals surface area contributed by atoms with Gasteiger partial charge in [0.15, 0.2) is 11.5 Å². The highest BCUT2D eigenvalue weighted by Crippen LogP contribution is 2.28. The lowest BCUT2D eigenvalue weighted by molar-refractivity contribution is 0.160. The van der Waals surface area contributed by atoms with E-state index < -0.39 is 0 Å². The molecule has 0 aromatic heterocycles. The van der Waals surface area contributed by atoms with E-state index in [1.807, 2.05) is 25.1 Å². The summed E-state index contributed by atoms with van der Waals surface area (Å²) in [5.74, 6) is 1.48. The highest BCUT2D eigenvalue weighted by atomic mass is 16.5. The molecule has 0 amide bonds. The largest absolute Gasteiger partial charge is 0.493 e. The molecule has 3 nitrogen and oxygen atoms in total. The second-order valence-electron chi connectivity index (χ2n) is 3.79. The van der Waals surface area contributed by atoms with Gasteiger partial charge in [0, 0.05) is 0 Å². The smallest absolute Gasteiger partial charge is 0.160 e. The third-order valence-electron chi connectivity index (χ3n) is 2.69. The normalized spacial score (nSPS) is 12.2. The zero-order valence-electron chi connectivity index (χ0n) is 10.2. The highest BCUT2D eigenvalue weighted by Gasteiger charge is 2.06. The van der Waals surface area contributed by atoms with Gasteiger partial charge in [-0.1, -0.05) is 13.0 Å². The molecular formula is C13H20O3. The van der Waals surface area contributed by atoms with Crippen LogP contribution in [0.1, 0.15) is 25.3 Å². The number of methoxy groups -OCH3 is 2.